The van der Waals surface area contributed by atoms with Crippen LogP contribution in [0.2, 0.25) is 0 Å². The van der Waals surface area contributed by atoms with Crippen molar-refractivity contribution < 1.29 is 0 Å². The van der Waals surface area contributed by atoms with Crippen LogP contribution in [0, 0.1) is 18.3 Å². The highest BCUT2D eigenvalue weighted by Crippen LogP contribution is 2.10. The van der Waals surface area contributed by atoms with E-state index in [-0.39, 0.29) is 0 Å². The van der Waals surface area contributed by atoms with Crippen molar-refractivity contribution >= 4 is 0 Å². The van der Waals surface area contributed by atoms with Gasteiger partial charge in [0.2, 0.25) is 0 Å². The van der Waals surface area contributed by atoms with Crippen molar-refractivity contribution in [2.24, 2.45) is 0 Å². The Morgan fingerprint density at radius 3 is 2.94 bits per heavy atom. The molecule has 0 aromatic heterocycles. The van der Waals surface area contributed by atoms with E-state index in [0.29, 0.717) is 6.42 Å². The van der Waals surface area contributed by atoms with E-state index >= 15 is 0 Å². The summed E-state index contributed by atoms with van der Waals surface area (Å²) in [6, 6.07) is 10.9. The second kappa shape index (κ2) is 7.68. The van der Waals surface area contributed by atoms with Crippen molar-refractivity contribution in [2.45, 2.75) is 46.0 Å². The summed E-state index contributed by atoms with van der Waals surface area (Å²) in [6.07, 6.45) is 7.23. The van der Waals surface area contributed by atoms with Gasteiger partial charge in [-0.2, -0.15) is 5.26 Å². The van der Waals surface area contributed by atoms with Gasteiger partial charge in [0.05, 0.1) is 6.07 Å². The Morgan fingerprint density at radius 2 is 2.24 bits per heavy atom. The van der Waals surface area contributed by atoms with Gasteiger partial charge in [-0.15, -0.1) is 0 Å². The van der Waals surface area contributed by atoms with Crippen molar-refractivity contribution in [2.75, 3.05) is 0 Å². The van der Waals surface area contributed by atoms with E-state index in [1.54, 1.807) is 0 Å². The number of aryl methyl sites for hydroxylation is 2. The second-order valence-corrected chi connectivity index (χ2v) is 4.59. The number of nitrogens with zero attached hydrogens (tertiary/aromatic N) is 1. The van der Waals surface area contributed by atoms with Crippen LogP contribution in [-0.2, 0) is 6.42 Å². The molecule has 0 spiro atoms. The third-order valence-electron chi connectivity index (χ3n) is 2.87. The molecular weight excluding hydrogens is 206 g/mol. The molecule has 0 bridgehead atoms. The molecule has 0 N–H and O–H groups in total. The maximum Gasteiger partial charge on any atom is 0.0621 e. The van der Waals surface area contributed by atoms with Gasteiger partial charge in [0.25, 0.3) is 0 Å². The first kappa shape index (κ1) is 13.5. The molecule has 0 unspecified atom stereocenters. The zero-order valence-electron chi connectivity index (χ0n) is 10.9. The maximum absolute atomic E-state index is 8.46. The summed E-state index contributed by atoms with van der Waals surface area (Å²) in [6.45, 7) is 4.29. The minimum atomic E-state index is 0.670. The van der Waals surface area contributed by atoms with Gasteiger partial charge in [0.15, 0.2) is 0 Å². The Bertz CT molecular complexity index is 410. The lowest BCUT2D eigenvalue weighted by atomic mass is 10.0. The van der Waals surface area contributed by atoms with Crippen LogP contribution in [0.3, 0.4) is 0 Å². The minimum absolute atomic E-state index is 0.670. The van der Waals surface area contributed by atoms with E-state index in [4.69, 9.17) is 5.26 Å². The highest BCUT2D eigenvalue weighted by Gasteiger charge is 1.94. The topological polar surface area (TPSA) is 23.8 Å². The second-order valence-electron chi connectivity index (χ2n) is 4.59. The Kier molecular flexibility index (Phi) is 6.10. The molecule has 1 aromatic rings. The smallest absolute Gasteiger partial charge is 0.0621 e. The lowest BCUT2D eigenvalue weighted by Gasteiger charge is -2.02. The van der Waals surface area contributed by atoms with Crippen LogP contribution in [0.25, 0.3) is 0 Å². The van der Waals surface area contributed by atoms with Gasteiger partial charge in [-0.1, -0.05) is 41.5 Å². The van der Waals surface area contributed by atoms with Crippen molar-refractivity contribution in [3.63, 3.8) is 0 Å². The first-order valence-electron chi connectivity index (χ1n) is 6.30. The highest BCUT2D eigenvalue weighted by atomic mass is 14.2. The van der Waals surface area contributed by atoms with Gasteiger partial charge in [-0.3, -0.25) is 0 Å². The van der Waals surface area contributed by atoms with Crippen LogP contribution in [-0.4, -0.2) is 0 Å². The fourth-order valence-corrected chi connectivity index (χ4v) is 1.90. The molecule has 0 saturated heterocycles. The van der Waals surface area contributed by atoms with Crippen molar-refractivity contribution in [3.8, 4) is 6.07 Å². The maximum atomic E-state index is 8.46. The van der Waals surface area contributed by atoms with Gasteiger partial charge >= 0.3 is 0 Å². The summed E-state index contributed by atoms with van der Waals surface area (Å²) in [7, 11) is 0. The van der Waals surface area contributed by atoms with Crippen molar-refractivity contribution in [1.29, 1.82) is 5.26 Å². The SMILES string of the molecule is C/C(=C\CCc1cccc(C)c1)CCCC#N. The monoisotopic (exact) mass is 227 g/mol. The largest absolute Gasteiger partial charge is 0.198 e. The molecule has 1 heteroatoms. The average Bonchev–Trinajstić information content (AvgIpc) is 2.29. The quantitative estimate of drug-likeness (QED) is 0.516. The number of hydrogen-bond acceptors (Lipinski definition) is 1. The van der Waals surface area contributed by atoms with Crippen LogP contribution < -0.4 is 0 Å². The summed E-state index contributed by atoms with van der Waals surface area (Å²) in [4.78, 5) is 0. The van der Waals surface area contributed by atoms with Gasteiger partial charge in [-0.25, -0.2) is 0 Å². The molecule has 0 atom stereocenters. The van der Waals surface area contributed by atoms with Crippen LogP contribution in [0.1, 0.15) is 43.7 Å². The molecule has 1 aromatic carbocycles. The Morgan fingerprint density at radius 1 is 1.41 bits per heavy atom. The Hall–Kier alpha value is -1.55. The standard InChI is InChI=1S/C16H21N/c1-14(7-3-4-12-17)8-5-10-16-11-6-9-15(2)13-16/h6,8-9,11,13H,3-5,7,10H2,1-2H3/b14-8+. The Labute approximate surface area is 105 Å². The van der Waals surface area contributed by atoms with Crippen molar-refractivity contribution in [3.05, 3.63) is 47.0 Å². The predicted octanol–water partition coefficient (Wildman–Crippen LogP) is 4.57. The minimum Gasteiger partial charge on any atom is -0.198 e. The molecule has 0 amide bonds. The fraction of sp³-hybridized carbons (Fsp3) is 0.438. The highest BCUT2D eigenvalue weighted by molar-refractivity contribution is 5.22. The lowest BCUT2D eigenvalue weighted by molar-refractivity contribution is 0.829. The van der Waals surface area contributed by atoms with E-state index in [1.807, 2.05) is 0 Å². The van der Waals surface area contributed by atoms with E-state index in [9.17, 15) is 0 Å². The summed E-state index contributed by atoms with van der Waals surface area (Å²) < 4.78 is 0. The first-order chi connectivity index (χ1) is 8.22. The molecule has 1 nitrogen and oxygen atoms in total. The number of allylic oxidation sites excluding steroid dienone is 2. The molecule has 0 aliphatic rings. The Balaban J connectivity index is 2.31. The molecule has 0 aliphatic heterocycles. The van der Waals surface area contributed by atoms with Crippen LogP contribution in [0.5, 0.6) is 0 Å². The zero-order chi connectivity index (χ0) is 12.5. The molecule has 0 heterocycles. The summed E-state index contributed by atoms with van der Waals surface area (Å²) in [5.74, 6) is 0. The van der Waals surface area contributed by atoms with Gasteiger partial charge in [-0.05, 0) is 45.1 Å². The number of benzene rings is 1. The molecule has 0 radical (unpaired) electrons. The van der Waals surface area contributed by atoms with E-state index in [1.165, 1.54) is 16.7 Å². The molecule has 17 heavy (non-hydrogen) atoms. The van der Waals surface area contributed by atoms with Crippen LogP contribution >= 0.6 is 0 Å². The normalized spacial score (nSPS) is 11.2. The van der Waals surface area contributed by atoms with Gasteiger partial charge < -0.3 is 0 Å². The lowest BCUT2D eigenvalue weighted by Crippen LogP contribution is -1.85. The predicted molar refractivity (Wildman–Crippen MR) is 72.7 cm³/mol. The number of unbranched alkanes of at least 4 members (excludes halogenated alkanes) is 1. The molecule has 1 rings (SSSR count). The number of rotatable bonds is 6. The molecular formula is C16H21N. The van der Waals surface area contributed by atoms with E-state index < -0.39 is 0 Å². The summed E-state index contributed by atoms with van der Waals surface area (Å²) >= 11 is 0. The van der Waals surface area contributed by atoms with E-state index in [0.717, 1.165) is 25.7 Å². The molecule has 90 valence electrons. The first-order valence-corrected chi connectivity index (χ1v) is 6.30. The van der Waals surface area contributed by atoms with Crippen LogP contribution in [0.15, 0.2) is 35.9 Å². The average molecular weight is 227 g/mol. The third kappa shape index (κ3) is 5.92. The molecule has 0 aliphatic carbocycles. The fourth-order valence-electron chi connectivity index (χ4n) is 1.90. The zero-order valence-corrected chi connectivity index (χ0v) is 10.9. The van der Waals surface area contributed by atoms with Gasteiger partial charge in [0.1, 0.15) is 0 Å². The summed E-state index contributed by atoms with van der Waals surface area (Å²) in [5, 5.41) is 8.46. The van der Waals surface area contributed by atoms with Crippen molar-refractivity contribution in [1.82, 2.24) is 0 Å². The third-order valence-corrected chi connectivity index (χ3v) is 2.87. The molecule has 0 fully saturated rings. The number of hydrogen-bond donors (Lipinski definition) is 0. The van der Waals surface area contributed by atoms with Crippen LogP contribution in [0.4, 0.5) is 0 Å². The van der Waals surface area contributed by atoms with E-state index in [2.05, 4.69) is 50.3 Å². The van der Waals surface area contributed by atoms with Gasteiger partial charge in [0, 0.05) is 6.42 Å². The number of nitriles is 1. The summed E-state index contributed by atoms with van der Waals surface area (Å²) in [5.41, 5.74) is 4.15. The molecule has 0 saturated carbocycles.